The van der Waals surface area contributed by atoms with E-state index in [0.29, 0.717) is 29.1 Å². The van der Waals surface area contributed by atoms with Crippen molar-refractivity contribution in [1.82, 2.24) is 0 Å². The molecule has 6 heteroatoms. The third-order valence-electron chi connectivity index (χ3n) is 6.69. The van der Waals surface area contributed by atoms with Crippen molar-refractivity contribution in [2.45, 2.75) is 64.1 Å². The molecule has 0 bridgehead atoms. The summed E-state index contributed by atoms with van der Waals surface area (Å²) < 4.78 is 22.5. The number of carbonyl (C=O) groups excluding carboxylic acids is 2. The molecule has 1 heterocycles. The SMILES string of the molecule is C=C1CC(C(CCCCC)Oc2ccc(C(=O)Oc3ccc(C4=CC=C(OC)CC4)cc3)cc2)OC1=O. The smallest absolute Gasteiger partial charge is 0.343 e. The fraction of sp³-hybridized carbons (Fsp3) is 0.355. The second kappa shape index (κ2) is 12.4. The molecule has 0 amide bonds. The van der Waals surface area contributed by atoms with Crippen LogP contribution in [0.3, 0.4) is 0 Å². The molecule has 0 N–H and O–H groups in total. The Kier molecular flexibility index (Phi) is 8.83. The summed E-state index contributed by atoms with van der Waals surface area (Å²) in [7, 11) is 1.69. The Morgan fingerprint density at radius 2 is 1.76 bits per heavy atom. The molecule has 2 aliphatic rings. The van der Waals surface area contributed by atoms with E-state index in [1.54, 1.807) is 43.5 Å². The van der Waals surface area contributed by atoms with E-state index in [2.05, 4.69) is 19.6 Å². The highest BCUT2D eigenvalue weighted by Crippen LogP contribution is 2.29. The Balaban J connectivity index is 1.35. The number of esters is 2. The molecule has 1 fully saturated rings. The first kappa shape index (κ1) is 26.3. The molecule has 1 saturated heterocycles. The van der Waals surface area contributed by atoms with Gasteiger partial charge in [-0.25, -0.2) is 9.59 Å². The summed E-state index contributed by atoms with van der Waals surface area (Å²) in [4.78, 5) is 24.5. The summed E-state index contributed by atoms with van der Waals surface area (Å²) in [6.07, 6.45) is 9.63. The van der Waals surface area contributed by atoms with Crippen molar-refractivity contribution in [3.8, 4) is 11.5 Å². The van der Waals surface area contributed by atoms with Crippen LogP contribution in [0.4, 0.5) is 0 Å². The van der Waals surface area contributed by atoms with Crippen molar-refractivity contribution in [3.63, 3.8) is 0 Å². The van der Waals surface area contributed by atoms with Gasteiger partial charge >= 0.3 is 11.9 Å². The fourth-order valence-corrected chi connectivity index (χ4v) is 4.49. The van der Waals surface area contributed by atoms with Crippen LogP contribution in [0.15, 0.2) is 78.6 Å². The molecular weight excluding hydrogens is 468 g/mol. The minimum absolute atomic E-state index is 0.262. The molecule has 1 aliphatic carbocycles. The van der Waals surface area contributed by atoms with Crippen LogP contribution in [-0.4, -0.2) is 31.3 Å². The standard InChI is InChI=1S/C31H34O6/c1-4-5-6-7-28(29-20-21(2)30(32)37-29)35-26-18-12-24(13-19-26)31(33)36-27-16-10-23(11-17-27)22-8-14-25(34-3)15-9-22/h8,10-14,16-19,28-29H,2,4-7,9,15,20H2,1,3H3. The number of hydrogen-bond donors (Lipinski definition) is 0. The number of unbranched alkanes of at least 4 members (excludes halogenated alkanes) is 2. The van der Waals surface area contributed by atoms with E-state index >= 15 is 0 Å². The first-order valence-corrected chi connectivity index (χ1v) is 12.9. The van der Waals surface area contributed by atoms with Gasteiger partial charge in [0.15, 0.2) is 0 Å². The van der Waals surface area contributed by atoms with Gasteiger partial charge in [-0.1, -0.05) is 44.6 Å². The van der Waals surface area contributed by atoms with Gasteiger partial charge < -0.3 is 18.9 Å². The molecule has 6 nitrogen and oxygen atoms in total. The van der Waals surface area contributed by atoms with Crippen molar-refractivity contribution < 1.29 is 28.5 Å². The van der Waals surface area contributed by atoms with Gasteiger partial charge in [-0.3, -0.25) is 0 Å². The average molecular weight is 503 g/mol. The number of ether oxygens (including phenoxy) is 4. The maximum Gasteiger partial charge on any atom is 0.343 e. The second-order valence-electron chi connectivity index (χ2n) is 9.37. The molecule has 2 aromatic carbocycles. The predicted molar refractivity (Wildman–Crippen MR) is 142 cm³/mol. The van der Waals surface area contributed by atoms with E-state index in [1.165, 1.54) is 5.57 Å². The number of allylic oxidation sites excluding steroid dienone is 4. The van der Waals surface area contributed by atoms with E-state index in [1.807, 2.05) is 18.2 Å². The molecule has 37 heavy (non-hydrogen) atoms. The van der Waals surface area contributed by atoms with Crippen molar-refractivity contribution in [2.24, 2.45) is 0 Å². The highest BCUT2D eigenvalue weighted by atomic mass is 16.6. The number of benzene rings is 2. The van der Waals surface area contributed by atoms with Crippen LogP contribution >= 0.6 is 0 Å². The minimum Gasteiger partial charge on any atom is -0.501 e. The Bertz CT molecular complexity index is 1160. The topological polar surface area (TPSA) is 71.1 Å². The number of cyclic esters (lactones) is 1. The largest absolute Gasteiger partial charge is 0.501 e. The predicted octanol–water partition coefficient (Wildman–Crippen LogP) is 6.81. The molecule has 0 radical (unpaired) electrons. The van der Waals surface area contributed by atoms with Gasteiger partial charge in [-0.2, -0.15) is 0 Å². The maximum atomic E-state index is 12.7. The highest BCUT2D eigenvalue weighted by Gasteiger charge is 2.35. The summed E-state index contributed by atoms with van der Waals surface area (Å²) in [5.74, 6) is 1.28. The number of carbonyl (C=O) groups is 2. The van der Waals surface area contributed by atoms with Gasteiger partial charge in [0, 0.05) is 18.4 Å². The van der Waals surface area contributed by atoms with Crippen LogP contribution in [0.1, 0.15) is 67.8 Å². The van der Waals surface area contributed by atoms with Gasteiger partial charge in [0.1, 0.15) is 23.7 Å². The maximum absolute atomic E-state index is 12.7. The lowest BCUT2D eigenvalue weighted by Crippen LogP contribution is -2.31. The van der Waals surface area contributed by atoms with Crippen molar-refractivity contribution >= 4 is 17.5 Å². The van der Waals surface area contributed by atoms with E-state index in [0.717, 1.165) is 49.8 Å². The van der Waals surface area contributed by atoms with Crippen LogP contribution in [0.2, 0.25) is 0 Å². The summed E-state index contributed by atoms with van der Waals surface area (Å²) in [6.45, 7) is 5.92. The van der Waals surface area contributed by atoms with Gasteiger partial charge in [0.05, 0.1) is 18.4 Å². The van der Waals surface area contributed by atoms with Gasteiger partial charge in [-0.15, -0.1) is 0 Å². The van der Waals surface area contributed by atoms with Crippen LogP contribution in [0.25, 0.3) is 5.57 Å². The monoisotopic (exact) mass is 502 g/mol. The zero-order valence-electron chi connectivity index (χ0n) is 21.5. The number of rotatable bonds is 11. The van der Waals surface area contributed by atoms with Crippen molar-refractivity contribution in [1.29, 1.82) is 0 Å². The normalized spacial score (nSPS) is 17.9. The Morgan fingerprint density at radius 3 is 2.35 bits per heavy atom. The van der Waals surface area contributed by atoms with Gasteiger partial charge in [0.2, 0.25) is 0 Å². The van der Waals surface area contributed by atoms with E-state index in [4.69, 9.17) is 18.9 Å². The fourth-order valence-electron chi connectivity index (χ4n) is 4.49. The summed E-state index contributed by atoms with van der Waals surface area (Å²) in [5, 5.41) is 0. The van der Waals surface area contributed by atoms with Crippen LogP contribution in [-0.2, 0) is 14.3 Å². The molecule has 0 aromatic heterocycles. The van der Waals surface area contributed by atoms with Crippen molar-refractivity contribution in [3.05, 3.63) is 89.7 Å². The molecule has 2 aromatic rings. The van der Waals surface area contributed by atoms with Gasteiger partial charge in [-0.05, 0) is 72.9 Å². The van der Waals surface area contributed by atoms with Crippen LogP contribution in [0, 0.1) is 0 Å². The molecular formula is C31H34O6. The first-order valence-electron chi connectivity index (χ1n) is 12.9. The molecule has 0 saturated carbocycles. The van der Waals surface area contributed by atoms with Gasteiger partial charge in [0.25, 0.3) is 0 Å². The number of methoxy groups -OCH3 is 1. The lowest BCUT2D eigenvalue weighted by molar-refractivity contribution is -0.142. The summed E-state index contributed by atoms with van der Waals surface area (Å²) in [6, 6.07) is 14.4. The average Bonchev–Trinajstić information content (AvgIpc) is 3.26. The van der Waals surface area contributed by atoms with Crippen molar-refractivity contribution in [2.75, 3.05) is 7.11 Å². The molecule has 194 valence electrons. The Labute approximate surface area is 218 Å². The Hall–Kier alpha value is -3.80. The zero-order valence-corrected chi connectivity index (χ0v) is 21.5. The lowest BCUT2D eigenvalue weighted by atomic mass is 9.96. The van der Waals surface area contributed by atoms with E-state index in [9.17, 15) is 9.59 Å². The molecule has 4 rings (SSSR count). The lowest BCUT2D eigenvalue weighted by Gasteiger charge is -2.24. The summed E-state index contributed by atoms with van der Waals surface area (Å²) in [5.41, 5.74) is 3.22. The third-order valence-corrected chi connectivity index (χ3v) is 6.69. The second-order valence-corrected chi connectivity index (χ2v) is 9.37. The third kappa shape index (κ3) is 6.91. The van der Waals surface area contributed by atoms with E-state index < -0.39 is 5.97 Å². The van der Waals surface area contributed by atoms with E-state index in [-0.39, 0.29) is 18.2 Å². The quantitative estimate of drug-likeness (QED) is 0.145. The highest BCUT2D eigenvalue weighted by molar-refractivity contribution is 5.91. The first-order chi connectivity index (χ1) is 18.0. The minimum atomic E-state index is -0.440. The Morgan fingerprint density at radius 1 is 1.03 bits per heavy atom. The molecule has 2 atom stereocenters. The number of hydrogen-bond acceptors (Lipinski definition) is 6. The van der Waals surface area contributed by atoms with Crippen LogP contribution < -0.4 is 9.47 Å². The molecule has 2 unspecified atom stereocenters. The molecule has 1 aliphatic heterocycles. The van der Waals surface area contributed by atoms with Crippen LogP contribution in [0.5, 0.6) is 11.5 Å². The summed E-state index contributed by atoms with van der Waals surface area (Å²) >= 11 is 0. The zero-order chi connectivity index (χ0) is 26.2. The molecule has 0 spiro atoms.